The van der Waals surface area contributed by atoms with Crippen LogP contribution >= 0.6 is 0 Å². The van der Waals surface area contributed by atoms with E-state index >= 15 is 0 Å². The molecule has 1 aliphatic carbocycles. The summed E-state index contributed by atoms with van der Waals surface area (Å²) in [7, 11) is 1.64. The molecule has 1 aliphatic rings. The van der Waals surface area contributed by atoms with E-state index < -0.39 is 5.60 Å². The van der Waals surface area contributed by atoms with Crippen LogP contribution in [0.15, 0.2) is 23.1 Å². The number of carbonyl (C=O) groups is 1. The quantitative estimate of drug-likeness (QED) is 0.896. The predicted octanol–water partition coefficient (Wildman–Crippen LogP) is 2.08. The molecule has 5 nitrogen and oxygen atoms in total. The van der Waals surface area contributed by atoms with E-state index in [1.165, 1.54) is 10.6 Å². The molecule has 0 aliphatic heterocycles. The molecule has 1 fully saturated rings. The third-order valence-corrected chi connectivity index (χ3v) is 5.09. The first-order valence-corrected chi connectivity index (χ1v) is 8.28. The Hall–Kier alpha value is -1.62. The molecule has 23 heavy (non-hydrogen) atoms. The van der Waals surface area contributed by atoms with Crippen molar-refractivity contribution < 1.29 is 9.90 Å². The molecule has 0 radical (unpaired) electrons. The summed E-state index contributed by atoms with van der Waals surface area (Å²) in [6, 6.07) is 2.92. The Morgan fingerprint density at radius 2 is 2.00 bits per heavy atom. The van der Waals surface area contributed by atoms with Crippen molar-refractivity contribution in [1.82, 2.24) is 9.88 Å². The molecule has 1 saturated carbocycles. The Kier molecular flexibility index (Phi) is 4.99. The largest absolute Gasteiger partial charge is 0.388 e. The van der Waals surface area contributed by atoms with E-state index in [0.717, 1.165) is 12.8 Å². The zero-order valence-corrected chi connectivity index (χ0v) is 14.6. The number of nitrogens with zero attached hydrogens (tertiary/aromatic N) is 1. The molecule has 5 heteroatoms. The molecule has 0 aromatic carbocycles. The summed E-state index contributed by atoms with van der Waals surface area (Å²) in [5, 5.41) is 13.4. The molecule has 2 rings (SSSR count). The van der Waals surface area contributed by atoms with E-state index in [0.29, 0.717) is 24.3 Å². The lowest BCUT2D eigenvalue weighted by atomic mass is 9.68. The summed E-state index contributed by atoms with van der Waals surface area (Å²) in [5.41, 5.74) is -0.464. The first-order valence-electron chi connectivity index (χ1n) is 8.28. The van der Waals surface area contributed by atoms with Crippen molar-refractivity contribution in [2.24, 2.45) is 18.4 Å². The number of hydrogen-bond acceptors (Lipinski definition) is 3. The SMILES string of the molecule is Cn1ccc(C(=O)NCC2(O)CCC(C(C)(C)C)CC2)cc1=O. The van der Waals surface area contributed by atoms with Crippen LogP contribution in [0.5, 0.6) is 0 Å². The van der Waals surface area contributed by atoms with Crippen molar-refractivity contribution in [2.45, 2.75) is 52.1 Å². The van der Waals surface area contributed by atoms with Gasteiger partial charge in [-0.2, -0.15) is 0 Å². The summed E-state index contributed by atoms with van der Waals surface area (Å²) >= 11 is 0. The van der Waals surface area contributed by atoms with Gasteiger partial charge in [-0.1, -0.05) is 20.8 Å². The Labute approximate surface area is 137 Å². The van der Waals surface area contributed by atoms with Crippen LogP contribution in [0.2, 0.25) is 0 Å². The van der Waals surface area contributed by atoms with E-state index in [-0.39, 0.29) is 23.4 Å². The lowest BCUT2D eigenvalue weighted by Gasteiger charge is -2.41. The van der Waals surface area contributed by atoms with Crippen LogP contribution in [0.4, 0.5) is 0 Å². The van der Waals surface area contributed by atoms with E-state index in [2.05, 4.69) is 26.1 Å². The highest BCUT2D eigenvalue weighted by Crippen LogP contribution is 2.41. The Balaban J connectivity index is 1.91. The molecule has 1 heterocycles. The van der Waals surface area contributed by atoms with E-state index in [9.17, 15) is 14.7 Å². The highest BCUT2D eigenvalue weighted by atomic mass is 16.3. The molecule has 1 aromatic rings. The van der Waals surface area contributed by atoms with Crippen LogP contribution in [-0.2, 0) is 7.05 Å². The first-order chi connectivity index (χ1) is 10.6. The summed E-state index contributed by atoms with van der Waals surface area (Å²) in [6.07, 6.45) is 4.92. The van der Waals surface area contributed by atoms with Gasteiger partial charge in [-0.15, -0.1) is 0 Å². The molecule has 0 unspecified atom stereocenters. The topological polar surface area (TPSA) is 71.3 Å². The third-order valence-electron chi connectivity index (χ3n) is 5.09. The van der Waals surface area contributed by atoms with Gasteiger partial charge in [0, 0.05) is 31.4 Å². The second-order valence-corrected chi connectivity index (χ2v) is 7.91. The van der Waals surface area contributed by atoms with E-state index in [1.54, 1.807) is 19.3 Å². The molecule has 0 bridgehead atoms. The minimum Gasteiger partial charge on any atom is -0.388 e. The molecule has 0 spiro atoms. The van der Waals surface area contributed by atoms with Gasteiger partial charge in [0.1, 0.15) is 0 Å². The van der Waals surface area contributed by atoms with Crippen LogP contribution in [0, 0.1) is 11.3 Å². The molecule has 0 atom stereocenters. The number of aromatic nitrogens is 1. The molecule has 1 amide bonds. The molecule has 0 saturated heterocycles. The van der Waals surface area contributed by atoms with Gasteiger partial charge in [-0.3, -0.25) is 9.59 Å². The highest BCUT2D eigenvalue weighted by Gasteiger charge is 2.37. The van der Waals surface area contributed by atoms with Crippen molar-refractivity contribution in [3.63, 3.8) is 0 Å². The molecular weight excluding hydrogens is 292 g/mol. The minimum atomic E-state index is -0.836. The Morgan fingerprint density at radius 1 is 1.39 bits per heavy atom. The van der Waals surface area contributed by atoms with Gasteiger partial charge in [0.2, 0.25) is 0 Å². The Bertz CT molecular complexity index is 620. The number of aryl methyl sites for hydroxylation is 1. The van der Waals surface area contributed by atoms with Crippen LogP contribution < -0.4 is 10.9 Å². The zero-order valence-electron chi connectivity index (χ0n) is 14.6. The van der Waals surface area contributed by atoms with Crippen molar-refractivity contribution in [3.8, 4) is 0 Å². The number of hydrogen-bond donors (Lipinski definition) is 2. The monoisotopic (exact) mass is 320 g/mol. The molecule has 2 N–H and O–H groups in total. The van der Waals surface area contributed by atoms with Crippen molar-refractivity contribution >= 4 is 5.91 Å². The fourth-order valence-corrected chi connectivity index (χ4v) is 3.23. The highest BCUT2D eigenvalue weighted by molar-refractivity contribution is 5.94. The van der Waals surface area contributed by atoms with Gasteiger partial charge in [-0.25, -0.2) is 0 Å². The lowest BCUT2D eigenvalue weighted by Crippen LogP contribution is -2.46. The number of pyridine rings is 1. The van der Waals surface area contributed by atoms with E-state index in [1.807, 2.05) is 0 Å². The van der Waals surface area contributed by atoms with Crippen LogP contribution in [0.3, 0.4) is 0 Å². The number of amides is 1. The second-order valence-electron chi connectivity index (χ2n) is 7.91. The number of aliphatic hydroxyl groups is 1. The maximum atomic E-state index is 12.1. The summed E-state index contributed by atoms with van der Waals surface area (Å²) < 4.78 is 1.41. The van der Waals surface area contributed by atoms with E-state index in [4.69, 9.17) is 0 Å². The third kappa shape index (κ3) is 4.44. The van der Waals surface area contributed by atoms with Crippen LogP contribution in [-0.4, -0.2) is 27.7 Å². The Morgan fingerprint density at radius 3 is 2.52 bits per heavy atom. The summed E-state index contributed by atoms with van der Waals surface area (Å²) in [5.74, 6) is 0.296. The minimum absolute atomic E-state index is 0.220. The molecular formula is C18H28N2O3. The van der Waals surface area contributed by atoms with Crippen molar-refractivity contribution in [3.05, 3.63) is 34.2 Å². The summed E-state index contributed by atoms with van der Waals surface area (Å²) in [6.45, 7) is 6.94. The van der Waals surface area contributed by atoms with Gasteiger partial charge in [0.25, 0.3) is 11.5 Å². The van der Waals surface area contributed by atoms with Crippen molar-refractivity contribution in [1.29, 1.82) is 0 Å². The molecule has 128 valence electrons. The average molecular weight is 320 g/mol. The van der Waals surface area contributed by atoms with Gasteiger partial charge >= 0.3 is 0 Å². The standard InChI is InChI=1S/C18H28N2O3/c1-17(2,3)14-5-8-18(23,9-6-14)12-19-16(22)13-7-10-20(4)15(21)11-13/h7,10-11,14,23H,5-6,8-9,12H2,1-4H3,(H,19,22). The van der Waals surface area contributed by atoms with Crippen LogP contribution in [0.1, 0.15) is 56.8 Å². The van der Waals surface area contributed by atoms with Gasteiger partial charge in [-0.05, 0) is 43.1 Å². The first kappa shape index (κ1) is 17.7. The maximum absolute atomic E-state index is 12.1. The van der Waals surface area contributed by atoms with Gasteiger partial charge in [0.05, 0.1) is 5.60 Å². The average Bonchev–Trinajstić information content (AvgIpc) is 2.47. The fraction of sp³-hybridized carbons (Fsp3) is 0.667. The normalized spacial score (nSPS) is 25.2. The predicted molar refractivity (Wildman–Crippen MR) is 90.4 cm³/mol. The summed E-state index contributed by atoms with van der Waals surface area (Å²) in [4.78, 5) is 23.7. The fourth-order valence-electron chi connectivity index (χ4n) is 3.23. The number of carbonyl (C=O) groups excluding carboxylic acids is 1. The number of rotatable bonds is 3. The molecule has 1 aromatic heterocycles. The zero-order chi connectivity index (χ0) is 17.3. The van der Waals surface area contributed by atoms with Gasteiger partial charge in [0.15, 0.2) is 0 Å². The maximum Gasteiger partial charge on any atom is 0.251 e. The lowest BCUT2D eigenvalue weighted by molar-refractivity contribution is -0.0228. The second kappa shape index (κ2) is 6.48. The van der Waals surface area contributed by atoms with Crippen LogP contribution in [0.25, 0.3) is 0 Å². The smallest absolute Gasteiger partial charge is 0.251 e. The van der Waals surface area contributed by atoms with Gasteiger partial charge < -0.3 is 15.0 Å². The van der Waals surface area contributed by atoms with Crippen molar-refractivity contribution in [2.75, 3.05) is 6.54 Å². The number of nitrogens with one attached hydrogen (secondary N) is 1.